The highest BCUT2D eigenvalue weighted by atomic mass is 19.1. The van der Waals surface area contributed by atoms with Crippen molar-refractivity contribution in [3.63, 3.8) is 0 Å². The minimum atomic E-state index is -1.36. The van der Waals surface area contributed by atoms with Gasteiger partial charge < -0.3 is 19.5 Å². The number of hydrogen-bond donors (Lipinski definition) is 1. The van der Waals surface area contributed by atoms with Crippen LogP contribution in [0.2, 0.25) is 0 Å². The Morgan fingerprint density at radius 3 is 2.42 bits per heavy atom. The maximum atomic E-state index is 15.3. The molecule has 230 valence electrons. The van der Waals surface area contributed by atoms with Gasteiger partial charge >= 0.3 is 5.97 Å². The summed E-state index contributed by atoms with van der Waals surface area (Å²) in [5.41, 5.74) is 0.208. The molecule has 0 bridgehead atoms. The number of aromatic nitrogens is 4. The van der Waals surface area contributed by atoms with Crippen molar-refractivity contribution in [1.29, 1.82) is 0 Å². The van der Waals surface area contributed by atoms with Gasteiger partial charge in [0.1, 0.15) is 29.4 Å². The van der Waals surface area contributed by atoms with Crippen LogP contribution in [-0.4, -0.2) is 79.3 Å². The van der Waals surface area contributed by atoms with Crippen LogP contribution in [0.1, 0.15) is 45.3 Å². The summed E-state index contributed by atoms with van der Waals surface area (Å²) >= 11 is 0. The number of carbonyl (C=O) groups is 4. The van der Waals surface area contributed by atoms with Gasteiger partial charge in [0.05, 0.1) is 35.2 Å². The highest BCUT2D eigenvalue weighted by Gasteiger charge is 2.36. The highest BCUT2D eigenvalue weighted by molar-refractivity contribution is 6.52. The van der Waals surface area contributed by atoms with Crippen molar-refractivity contribution in [2.24, 2.45) is 0 Å². The van der Waals surface area contributed by atoms with Crippen molar-refractivity contribution in [1.82, 2.24) is 24.5 Å². The van der Waals surface area contributed by atoms with Crippen LogP contribution in [0.5, 0.6) is 0 Å². The van der Waals surface area contributed by atoms with Gasteiger partial charge in [-0.05, 0) is 43.2 Å². The van der Waals surface area contributed by atoms with Crippen molar-refractivity contribution >= 4 is 45.8 Å². The fourth-order valence-electron chi connectivity index (χ4n) is 5.92. The molecule has 2 aromatic carbocycles. The first-order valence-electron chi connectivity index (χ1n) is 14.3. The SMILES string of the molecule is O=C1C(=O)N(Cc2cn(CC(=O)N3CCN(c4cc5c(cc4F)c(=O)c(C(=O)O)cn5C4CC4)CC3)nn2)c2ccc(F)cc21. The summed E-state index contributed by atoms with van der Waals surface area (Å²) in [5.74, 6) is -4.49. The molecule has 1 saturated heterocycles. The van der Waals surface area contributed by atoms with Gasteiger partial charge in [-0.15, -0.1) is 5.10 Å². The van der Waals surface area contributed by atoms with Gasteiger partial charge in [0.2, 0.25) is 11.3 Å². The number of pyridine rings is 1. The van der Waals surface area contributed by atoms with Gasteiger partial charge in [-0.1, -0.05) is 5.21 Å². The van der Waals surface area contributed by atoms with E-state index >= 15 is 4.39 Å². The van der Waals surface area contributed by atoms with E-state index in [2.05, 4.69) is 10.3 Å². The summed E-state index contributed by atoms with van der Waals surface area (Å²) in [5, 5.41) is 17.5. The largest absolute Gasteiger partial charge is 0.477 e. The van der Waals surface area contributed by atoms with Crippen LogP contribution >= 0.6 is 0 Å². The second-order valence-corrected chi connectivity index (χ2v) is 11.3. The van der Waals surface area contributed by atoms with Crippen molar-refractivity contribution < 1.29 is 33.1 Å². The molecule has 15 heteroatoms. The number of halogens is 2. The van der Waals surface area contributed by atoms with E-state index in [0.717, 1.165) is 31.0 Å². The van der Waals surface area contributed by atoms with E-state index in [9.17, 15) is 33.5 Å². The third kappa shape index (κ3) is 4.99. The fourth-order valence-corrected chi connectivity index (χ4v) is 5.92. The summed E-state index contributed by atoms with van der Waals surface area (Å²) in [6.07, 6.45) is 4.50. The molecule has 45 heavy (non-hydrogen) atoms. The summed E-state index contributed by atoms with van der Waals surface area (Å²) < 4.78 is 31.9. The maximum absolute atomic E-state index is 15.3. The Labute approximate surface area is 252 Å². The Hall–Kier alpha value is -5.47. The van der Waals surface area contributed by atoms with E-state index in [0.29, 0.717) is 37.4 Å². The van der Waals surface area contributed by atoms with Crippen molar-refractivity contribution in [2.75, 3.05) is 36.0 Å². The molecule has 13 nitrogen and oxygen atoms in total. The number of benzene rings is 2. The molecule has 1 N–H and O–H groups in total. The smallest absolute Gasteiger partial charge is 0.341 e. The molecule has 0 unspecified atom stereocenters. The Bertz CT molecular complexity index is 1990. The number of fused-ring (bicyclic) bond motifs is 2. The second-order valence-electron chi connectivity index (χ2n) is 11.3. The minimum Gasteiger partial charge on any atom is -0.477 e. The molecule has 0 atom stereocenters. The van der Waals surface area contributed by atoms with Gasteiger partial charge in [0.15, 0.2) is 0 Å². The van der Waals surface area contributed by atoms with Crippen LogP contribution in [0, 0.1) is 11.6 Å². The molecule has 2 aromatic heterocycles. The van der Waals surface area contributed by atoms with Crippen LogP contribution in [0.4, 0.5) is 20.2 Å². The zero-order valence-corrected chi connectivity index (χ0v) is 23.7. The maximum Gasteiger partial charge on any atom is 0.341 e. The van der Waals surface area contributed by atoms with Crippen LogP contribution in [0.15, 0.2) is 47.5 Å². The number of piperazine rings is 1. The molecule has 0 radical (unpaired) electrons. The van der Waals surface area contributed by atoms with Gasteiger partial charge in [0, 0.05) is 43.8 Å². The van der Waals surface area contributed by atoms with Crippen LogP contribution < -0.4 is 15.2 Å². The Kier molecular flexibility index (Phi) is 6.67. The van der Waals surface area contributed by atoms with Gasteiger partial charge in [-0.25, -0.2) is 18.3 Å². The summed E-state index contributed by atoms with van der Waals surface area (Å²) in [6, 6.07) is 6.26. The number of rotatable bonds is 7. The quantitative estimate of drug-likeness (QED) is 0.307. The third-order valence-electron chi connectivity index (χ3n) is 8.38. The van der Waals surface area contributed by atoms with Gasteiger partial charge in [-0.2, -0.15) is 0 Å². The van der Waals surface area contributed by atoms with Gasteiger partial charge in [0.25, 0.3) is 11.7 Å². The number of ketones is 1. The minimum absolute atomic E-state index is 0.0165. The predicted molar refractivity (Wildman–Crippen MR) is 154 cm³/mol. The summed E-state index contributed by atoms with van der Waals surface area (Å²) in [7, 11) is 0. The lowest BCUT2D eigenvalue weighted by Crippen LogP contribution is -2.50. The molecule has 7 rings (SSSR count). The summed E-state index contributed by atoms with van der Waals surface area (Å²) in [4.78, 5) is 66.8. The molecular formula is C30H25F2N7O6. The number of anilines is 2. The molecule has 2 amide bonds. The first-order chi connectivity index (χ1) is 21.6. The zero-order valence-electron chi connectivity index (χ0n) is 23.7. The Morgan fingerprint density at radius 1 is 0.956 bits per heavy atom. The van der Waals surface area contributed by atoms with E-state index in [1.54, 1.807) is 20.4 Å². The lowest BCUT2D eigenvalue weighted by Gasteiger charge is -2.36. The van der Waals surface area contributed by atoms with Crippen LogP contribution in [0.3, 0.4) is 0 Å². The monoisotopic (exact) mass is 617 g/mol. The number of carboxylic acids is 1. The first-order valence-corrected chi connectivity index (χ1v) is 14.3. The second kappa shape index (κ2) is 10.6. The van der Waals surface area contributed by atoms with E-state index in [4.69, 9.17) is 0 Å². The Balaban J connectivity index is 1.02. The molecule has 1 aliphatic carbocycles. The van der Waals surface area contributed by atoms with E-state index in [1.807, 2.05) is 0 Å². The number of nitrogens with zero attached hydrogens (tertiary/aromatic N) is 7. The normalized spacial score (nSPS) is 16.5. The molecule has 2 fully saturated rings. The average Bonchev–Trinajstić information content (AvgIpc) is 3.73. The van der Waals surface area contributed by atoms with Crippen molar-refractivity contribution in [3.05, 3.63) is 81.4 Å². The van der Waals surface area contributed by atoms with E-state index in [1.165, 1.54) is 28.0 Å². The molecule has 3 aliphatic rings. The molecule has 4 aromatic rings. The van der Waals surface area contributed by atoms with Gasteiger partial charge in [-0.3, -0.25) is 24.1 Å². The molecule has 1 saturated carbocycles. The van der Waals surface area contributed by atoms with Crippen molar-refractivity contribution in [3.8, 4) is 0 Å². The van der Waals surface area contributed by atoms with Crippen LogP contribution in [0.25, 0.3) is 10.9 Å². The average molecular weight is 618 g/mol. The van der Waals surface area contributed by atoms with E-state index in [-0.39, 0.29) is 47.4 Å². The number of aromatic carboxylic acids is 1. The molecule has 4 heterocycles. The standard InChI is InChI=1S/C30H25F2N7O6/c31-16-1-4-23-19(9-16)28(42)29(43)39(23)13-17-12-37(34-33-17)15-26(40)36-7-5-35(6-8-36)25-11-24-20(10-22(25)32)27(41)21(30(44)45)14-38(24)18-2-3-18/h1,4,9-12,14,18H,2-3,5-8,13,15H2,(H,44,45). The third-order valence-corrected chi connectivity index (χ3v) is 8.38. The van der Waals surface area contributed by atoms with E-state index < -0.39 is 40.3 Å². The highest BCUT2D eigenvalue weighted by Crippen LogP contribution is 2.38. The predicted octanol–water partition coefficient (Wildman–Crippen LogP) is 1.98. The lowest BCUT2D eigenvalue weighted by molar-refractivity contribution is -0.132. The number of carbonyl (C=O) groups excluding carboxylic acids is 3. The number of carboxylic acid groups (broad SMARTS) is 1. The Morgan fingerprint density at radius 2 is 1.71 bits per heavy atom. The van der Waals surface area contributed by atoms with Crippen LogP contribution in [-0.2, 0) is 22.7 Å². The van der Waals surface area contributed by atoms with Crippen molar-refractivity contribution in [2.45, 2.75) is 32.0 Å². The summed E-state index contributed by atoms with van der Waals surface area (Å²) in [6.45, 7) is 1.02. The topological polar surface area (TPSA) is 151 Å². The molecule has 2 aliphatic heterocycles. The first kappa shape index (κ1) is 28.3. The number of hydrogen-bond acceptors (Lipinski definition) is 8. The molecule has 0 spiro atoms. The number of amides is 2. The number of Topliss-reactive ketones (excluding diaryl/α,β-unsaturated/α-hetero) is 1. The molecular weight excluding hydrogens is 592 g/mol. The zero-order chi connectivity index (χ0) is 31.6. The fraction of sp³-hybridized carbons (Fsp3) is 0.300. The lowest BCUT2D eigenvalue weighted by atomic mass is 10.1.